The quantitative estimate of drug-likeness (QED) is 0.778. The highest BCUT2D eigenvalue weighted by Gasteiger charge is 2.36. The smallest absolute Gasteiger partial charge is 0.276 e. The fraction of sp³-hybridized carbons (Fsp3) is 0.368. The van der Waals surface area contributed by atoms with E-state index < -0.39 is 5.60 Å². The first-order valence-electron chi connectivity index (χ1n) is 8.60. The molecule has 0 atom stereocenters. The van der Waals surface area contributed by atoms with Crippen molar-refractivity contribution >= 4 is 5.52 Å². The molecule has 0 radical (unpaired) electrons. The van der Waals surface area contributed by atoms with E-state index in [9.17, 15) is 14.3 Å². The molecule has 0 saturated carbocycles. The zero-order valence-electron chi connectivity index (χ0n) is 14.5. The minimum Gasteiger partial charge on any atom is -0.382 e. The monoisotopic (exact) mass is 357 g/mol. The van der Waals surface area contributed by atoms with Crippen molar-refractivity contribution in [1.82, 2.24) is 14.0 Å². The third-order valence-electron chi connectivity index (χ3n) is 4.97. The fourth-order valence-electron chi connectivity index (χ4n) is 3.50. The molecule has 3 heterocycles. The number of nitrogens with zero attached hydrogens (tertiary/aromatic N) is 3. The molecule has 1 aliphatic heterocycles. The van der Waals surface area contributed by atoms with Crippen molar-refractivity contribution in [3.63, 3.8) is 0 Å². The van der Waals surface area contributed by atoms with Crippen LogP contribution >= 0.6 is 0 Å². The average molecular weight is 357 g/mol. The molecule has 0 spiro atoms. The Morgan fingerprint density at radius 3 is 2.85 bits per heavy atom. The molecule has 1 aromatic carbocycles. The maximum absolute atomic E-state index is 13.4. The Morgan fingerprint density at radius 2 is 2.12 bits per heavy atom. The first-order chi connectivity index (χ1) is 12.5. The van der Waals surface area contributed by atoms with Gasteiger partial charge < -0.3 is 14.4 Å². The minimum absolute atomic E-state index is 0.219. The van der Waals surface area contributed by atoms with E-state index in [2.05, 4.69) is 4.98 Å². The summed E-state index contributed by atoms with van der Waals surface area (Å²) in [5, 5.41) is 10.9. The van der Waals surface area contributed by atoms with E-state index >= 15 is 0 Å². The standard InChI is InChI=1S/C19H20FN3O3/c1-13-11-23-16(10-21-18(23)19(25)5-7-26-8-6-19)17(24)22(13)12-14-3-2-4-15(20)9-14/h2-4,9-11,25H,5-8,12H2,1H3. The highest BCUT2D eigenvalue weighted by Crippen LogP contribution is 2.31. The van der Waals surface area contributed by atoms with Gasteiger partial charge in [0.05, 0.1) is 12.7 Å². The predicted molar refractivity (Wildman–Crippen MR) is 93.6 cm³/mol. The molecule has 1 saturated heterocycles. The number of aryl methyl sites for hydroxylation is 1. The van der Waals surface area contributed by atoms with Crippen molar-refractivity contribution < 1.29 is 14.2 Å². The maximum atomic E-state index is 13.4. The molecule has 3 aromatic rings. The molecule has 7 heteroatoms. The van der Waals surface area contributed by atoms with E-state index in [1.54, 1.807) is 27.3 Å². The SMILES string of the molecule is Cc1cn2c(C3(O)CCOCC3)ncc2c(=O)n1Cc1cccc(F)c1. The molecule has 0 unspecified atom stereocenters. The predicted octanol–water partition coefficient (Wildman–Crippen LogP) is 1.99. The van der Waals surface area contributed by atoms with Gasteiger partial charge in [0.25, 0.3) is 5.56 Å². The van der Waals surface area contributed by atoms with Crippen LogP contribution in [0.25, 0.3) is 5.52 Å². The van der Waals surface area contributed by atoms with Crippen molar-refractivity contribution in [3.05, 3.63) is 69.9 Å². The molecule has 0 amide bonds. The topological polar surface area (TPSA) is 68.8 Å². The van der Waals surface area contributed by atoms with Crippen LogP contribution in [0.3, 0.4) is 0 Å². The van der Waals surface area contributed by atoms with Gasteiger partial charge in [0.15, 0.2) is 0 Å². The van der Waals surface area contributed by atoms with Gasteiger partial charge in [-0.25, -0.2) is 9.37 Å². The Hall–Kier alpha value is -2.51. The Kier molecular flexibility index (Phi) is 4.13. The van der Waals surface area contributed by atoms with Crippen molar-refractivity contribution in [2.75, 3.05) is 13.2 Å². The summed E-state index contributed by atoms with van der Waals surface area (Å²) in [4.78, 5) is 17.3. The number of imidazole rings is 1. The normalized spacial score (nSPS) is 16.9. The van der Waals surface area contributed by atoms with Crippen molar-refractivity contribution in [3.8, 4) is 0 Å². The zero-order chi connectivity index (χ0) is 18.3. The first-order valence-corrected chi connectivity index (χ1v) is 8.60. The van der Waals surface area contributed by atoms with Crippen molar-refractivity contribution in [2.45, 2.75) is 31.9 Å². The van der Waals surface area contributed by atoms with Gasteiger partial charge in [0, 0.05) is 37.9 Å². The summed E-state index contributed by atoms with van der Waals surface area (Å²) in [6, 6.07) is 6.20. The number of hydrogen-bond donors (Lipinski definition) is 1. The molecule has 26 heavy (non-hydrogen) atoms. The molecular weight excluding hydrogens is 337 g/mol. The van der Waals surface area contributed by atoms with Crippen LogP contribution in [0.2, 0.25) is 0 Å². The number of benzene rings is 1. The van der Waals surface area contributed by atoms with Crippen LogP contribution in [0.4, 0.5) is 4.39 Å². The Labute approximate surface area is 149 Å². The summed E-state index contributed by atoms with van der Waals surface area (Å²) < 4.78 is 22.0. The van der Waals surface area contributed by atoms with Gasteiger partial charge in [0.2, 0.25) is 0 Å². The third kappa shape index (κ3) is 2.83. The average Bonchev–Trinajstić information content (AvgIpc) is 3.04. The number of hydrogen-bond acceptors (Lipinski definition) is 4. The van der Waals surface area contributed by atoms with E-state index in [1.807, 2.05) is 6.92 Å². The number of aliphatic hydroxyl groups is 1. The van der Waals surface area contributed by atoms with E-state index in [4.69, 9.17) is 4.74 Å². The zero-order valence-corrected chi connectivity index (χ0v) is 14.5. The lowest BCUT2D eigenvalue weighted by molar-refractivity contribution is -0.0736. The van der Waals surface area contributed by atoms with E-state index in [0.717, 1.165) is 0 Å². The summed E-state index contributed by atoms with van der Waals surface area (Å²) in [5.74, 6) is 0.136. The van der Waals surface area contributed by atoms with Crippen LogP contribution in [-0.4, -0.2) is 32.3 Å². The van der Waals surface area contributed by atoms with Crippen LogP contribution in [0, 0.1) is 12.7 Å². The van der Waals surface area contributed by atoms with Crippen LogP contribution in [0.1, 0.15) is 29.9 Å². The van der Waals surface area contributed by atoms with Gasteiger partial charge in [0.1, 0.15) is 22.8 Å². The lowest BCUT2D eigenvalue weighted by Gasteiger charge is -2.30. The number of rotatable bonds is 3. The number of ether oxygens (including phenoxy) is 1. The van der Waals surface area contributed by atoms with Crippen LogP contribution < -0.4 is 5.56 Å². The maximum Gasteiger partial charge on any atom is 0.276 e. The molecule has 1 aliphatic rings. The molecule has 136 valence electrons. The van der Waals surface area contributed by atoms with Gasteiger partial charge in [-0.3, -0.25) is 9.20 Å². The van der Waals surface area contributed by atoms with Gasteiger partial charge >= 0.3 is 0 Å². The number of fused-ring (bicyclic) bond motifs is 1. The Bertz CT molecular complexity index is 1020. The van der Waals surface area contributed by atoms with E-state index in [-0.39, 0.29) is 17.9 Å². The minimum atomic E-state index is -1.10. The summed E-state index contributed by atoms with van der Waals surface area (Å²) in [6.45, 7) is 3.01. The van der Waals surface area contributed by atoms with Crippen molar-refractivity contribution in [2.24, 2.45) is 0 Å². The van der Waals surface area contributed by atoms with E-state index in [0.29, 0.717) is 48.7 Å². The molecule has 0 bridgehead atoms. The first kappa shape index (κ1) is 16.9. The second-order valence-electron chi connectivity index (χ2n) is 6.77. The molecule has 1 fully saturated rings. The van der Waals surface area contributed by atoms with Crippen molar-refractivity contribution in [1.29, 1.82) is 0 Å². The summed E-state index contributed by atoms with van der Waals surface area (Å²) >= 11 is 0. The van der Waals surface area contributed by atoms with Gasteiger partial charge in [-0.2, -0.15) is 0 Å². The van der Waals surface area contributed by atoms with E-state index in [1.165, 1.54) is 18.3 Å². The van der Waals surface area contributed by atoms with Crippen LogP contribution in [-0.2, 0) is 16.9 Å². The third-order valence-corrected chi connectivity index (χ3v) is 4.97. The van der Waals surface area contributed by atoms with Gasteiger partial charge in [-0.05, 0) is 24.6 Å². The number of aromatic nitrogens is 3. The molecule has 1 N–H and O–H groups in total. The Morgan fingerprint density at radius 1 is 1.35 bits per heavy atom. The molecule has 2 aromatic heterocycles. The van der Waals surface area contributed by atoms with Gasteiger partial charge in [-0.1, -0.05) is 12.1 Å². The molecular formula is C19H20FN3O3. The largest absolute Gasteiger partial charge is 0.382 e. The van der Waals surface area contributed by atoms with Crippen LogP contribution in [0.5, 0.6) is 0 Å². The molecule has 0 aliphatic carbocycles. The fourth-order valence-corrected chi connectivity index (χ4v) is 3.50. The summed E-state index contributed by atoms with van der Waals surface area (Å²) in [6.07, 6.45) is 4.17. The lowest BCUT2D eigenvalue weighted by Crippen LogP contribution is -2.36. The lowest BCUT2D eigenvalue weighted by atomic mass is 9.93. The highest BCUT2D eigenvalue weighted by molar-refractivity contribution is 5.45. The molecule has 6 nitrogen and oxygen atoms in total. The molecule has 4 rings (SSSR count). The number of halogens is 1. The highest BCUT2D eigenvalue weighted by atomic mass is 19.1. The second-order valence-corrected chi connectivity index (χ2v) is 6.77. The second kappa shape index (κ2) is 6.34. The summed E-state index contributed by atoms with van der Waals surface area (Å²) in [5.41, 5.74) is 0.493. The van der Waals surface area contributed by atoms with Crippen LogP contribution in [0.15, 0.2) is 41.5 Å². The summed E-state index contributed by atoms with van der Waals surface area (Å²) in [7, 11) is 0. The Balaban J connectivity index is 1.79. The van der Waals surface area contributed by atoms with Gasteiger partial charge in [-0.15, -0.1) is 0 Å².